The number of carbonyl (C=O) groups is 1. The Morgan fingerprint density at radius 2 is 2.07 bits per heavy atom. The number of para-hydroxylation sites is 1. The Morgan fingerprint density at radius 1 is 1.26 bits per heavy atom. The summed E-state index contributed by atoms with van der Waals surface area (Å²) in [7, 11) is 0. The molecule has 1 aliphatic heterocycles. The van der Waals surface area contributed by atoms with Crippen LogP contribution in [0.25, 0.3) is 0 Å². The van der Waals surface area contributed by atoms with E-state index in [1.165, 1.54) is 0 Å². The molecular weight excluding hydrogens is 362 g/mol. The smallest absolute Gasteiger partial charge is 0.290 e. The Labute approximate surface area is 163 Å². The highest BCUT2D eigenvalue weighted by Gasteiger charge is 2.38. The molecule has 0 saturated heterocycles. The Bertz CT molecular complexity index is 745. The number of ether oxygens (including phenoxy) is 2. The number of aliphatic hydroxyl groups is 1. The molecule has 0 bridgehead atoms. The molecule has 0 radical (unpaired) electrons. The highest BCUT2D eigenvalue weighted by atomic mass is 32.1. The van der Waals surface area contributed by atoms with Crippen molar-refractivity contribution < 1.29 is 19.4 Å². The van der Waals surface area contributed by atoms with Crippen LogP contribution in [0.5, 0.6) is 0 Å². The highest BCUT2D eigenvalue weighted by molar-refractivity contribution is 7.10. The van der Waals surface area contributed by atoms with Gasteiger partial charge in [-0.05, 0) is 49.4 Å². The Morgan fingerprint density at radius 3 is 2.74 bits per heavy atom. The lowest BCUT2D eigenvalue weighted by molar-refractivity contribution is -0.164. The summed E-state index contributed by atoms with van der Waals surface area (Å²) in [6, 6.07) is 13.4. The minimum Gasteiger partial charge on any atom is -0.459 e. The van der Waals surface area contributed by atoms with Crippen LogP contribution >= 0.6 is 11.3 Å². The van der Waals surface area contributed by atoms with Crippen molar-refractivity contribution in [1.29, 1.82) is 0 Å². The van der Waals surface area contributed by atoms with Crippen molar-refractivity contribution in [2.24, 2.45) is 5.92 Å². The minimum absolute atomic E-state index is 0.0124. The molecule has 5 nitrogen and oxygen atoms in total. The Hall–Kier alpha value is -2.15. The number of hydrogen-bond donors (Lipinski definition) is 2. The molecule has 3 rings (SSSR count). The number of rotatable bonds is 8. The zero-order valence-corrected chi connectivity index (χ0v) is 16.2. The summed E-state index contributed by atoms with van der Waals surface area (Å²) in [5, 5.41) is 14.2. The van der Waals surface area contributed by atoms with Gasteiger partial charge in [-0.3, -0.25) is 4.79 Å². The molecule has 0 fully saturated rings. The third-order valence-corrected chi connectivity index (χ3v) is 5.51. The maximum Gasteiger partial charge on any atom is 0.290 e. The van der Waals surface area contributed by atoms with E-state index in [2.05, 4.69) is 11.4 Å². The van der Waals surface area contributed by atoms with Crippen molar-refractivity contribution in [3.63, 3.8) is 0 Å². The lowest BCUT2D eigenvalue weighted by Crippen LogP contribution is -2.37. The molecule has 6 heteroatoms. The number of hydrogen-bond acceptors (Lipinski definition) is 5. The third kappa shape index (κ3) is 4.97. The van der Waals surface area contributed by atoms with E-state index in [4.69, 9.17) is 9.47 Å². The zero-order valence-electron chi connectivity index (χ0n) is 15.3. The average Bonchev–Trinajstić information content (AvgIpc) is 3.22. The van der Waals surface area contributed by atoms with Gasteiger partial charge in [-0.15, -0.1) is 11.3 Å². The summed E-state index contributed by atoms with van der Waals surface area (Å²) in [5.41, 5.74) is 0.718. The fraction of sp³-hybridized carbons (Fsp3) is 0.381. The van der Waals surface area contributed by atoms with Crippen LogP contribution in [0, 0.1) is 5.92 Å². The lowest BCUT2D eigenvalue weighted by atomic mass is 9.84. The number of benzene rings is 1. The predicted molar refractivity (Wildman–Crippen MR) is 107 cm³/mol. The van der Waals surface area contributed by atoms with Crippen LogP contribution in [-0.2, 0) is 14.3 Å². The third-order valence-electron chi connectivity index (χ3n) is 4.54. The van der Waals surface area contributed by atoms with E-state index < -0.39 is 6.29 Å². The van der Waals surface area contributed by atoms with E-state index in [1.807, 2.05) is 54.8 Å². The summed E-state index contributed by atoms with van der Waals surface area (Å²) in [6.07, 6.45) is 2.80. The van der Waals surface area contributed by atoms with Gasteiger partial charge in [0, 0.05) is 35.6 Å². The van der Waals surface area contributed by atoms with Gasteiger partial charge in [-0.2, -0.15) is 0 Å². The number of carbonyl (C=O) groups excluding carboxylic acids is 1. The van der Waals surface area contributed by atoms with E-state index >= 15 is 0 Å². The van der Waals surface area contributed by atoms with Gasteiger partial charge < -0.3 is 19.9 Å². The molecule has 2 N–H and O–H groups in total. The van der Waals surface area contributed by atoms with Crippen molar-refractivity contribution >= 4 is 22.9 Å². The van der Waals surface area contributed by atoms with Crippen molar-refractivity contribution in [2.45, 2.75) is 32.0 Å². The van der Waals surface area contributed by atoms with Gasteiger partial charge in [0.15, 0.2) is 5.76 Å². The Balaban J connectivity index is 1.87. The van der Waals surface area contributed by atoms with Crippen LogP contribution in [0.4, 0.5) is 5.69 Å². The first-order valence-corrected chi connectivity index (χ1v) is 10.1. The fourth-order valence-corrected chi connectivity index (χ4v) is 4.16. The van der Waals surface area contributed by atoms with Crippen molar-refractivity contribution in [3.05, 3.63) is 64.6 Å². The second kappa shape index (κ2) is 9.69. The summed E-state index contributed by atoms with van der Waals surface area (Å²) < 4.78 is 11.8. The minimum atomic E-state index is -0.518. The van der Waals surface area contributed by atoms with Crippen LogP contribution in [0.2, 0.25) is 0 Å². The lowest BCUT2D eigenvalue weighted by Gasteiger charge is -2.36. The van der Waals surface area contributed by atoms with E-state index in [1.54, 1.807) is 11.3 Å². The zero-order chi connectivity index (χ0) is 19.1. The second-order valence-corrected chi connectivity index (χ2v) is 7.34. The first kappa shape index (κ1) is 19.6. The summed E-state index contributed by atoms with van der Waals surface area (Å²) >= 11 is 1.65. The van der Waals surface area contributed by atoms with Gasteiger partial charge in [-0.1, -0.05) is 24.3 Å². The molecule has 0 unspecified atom stereocenters. The largest absolute Gasteiger partial charge is 0.459 e. The summed E-state index contributed by atoms with van der Waals surface area (Å²) in [6.45, 7) is 2.53. The first-order chi connectivity index (χ1) is 13.2. The van der Waals surface area contributed by atoms with Gasteiger partial charge in [0.25, 0.3) is 5.91 Å². The van der Waals surface area contributed by atoms with Crippen LogP contribution in [0.15, 0.2) is 59.7 Å². The molecule has 0 saturated carbocycles. The number of allylic oxidation sites excluding steroid dienone is 1. The quantitative estimate of drug-likeness (QED) is 0.714. The van der Waals surface area contributed by atoms with Crippen LogP contribution in [-0.4, -0.2) is 30.5 Å². The fourth-order valence-electron chi connectivity index (χ4n) is 3.29. The molecule has 3 atom stereocenters. The predicted octanol–water partition coefficient (Wildman–Crippen LogP) is 4.14. The van der Waals surface area contributed by atoms with E-state index in [9.17, 15) is 9.90 Å². The van der Waals surface area contributed by atoms with E-state index in [-0.39, 0.29) is 30.1 Å². The molecule has 1 amide bonds. The van der Waals surface area contributed by atoms with Gasteiger partial charge in [0.2, 0.25) is 6.29 Å². The van der Waals surface area contributed by atoms with Crippen molar-refractivity contribution in [1.82, 2.24) is 0 Å². The van der Waals surface area contributed by atoms with Gasteiger partial charge in [0.05, 0.1) is 0 Å². The van der Waals surface area contributed by atoms with Crippen LogP contribution in [0.3, 0.4) is 0 Å². The molecule has 2 heterocycles. The number of nitrogens with one attached hydrogen (secondary N) is 1. The molecular formula is C21H25NO4S. The molecule has 1 aromatic heterocycles. The van der Waals surface area contributed by atoms with E-state index in [0.717, 1.165) is 17.0 Å². The van der Waals surface area contributed by atoms with Gasteiger partial charge in [-0.25, -0.2) is 0 Å². The maximum atomic E-state index is 12.8. The standard InChI is InChI=1S/C21H25NO4S/c1-2-25-21-16(10-6-12-23)17(19-11-7-13-27-19)14-18(26-21)20(24)22-15-8-4-3-5-9-15/h3-5,7-9,11,13-14,16-17,21,23H,2,6,10,12H2,1H3,(H,22,24)/t16-,17+,21-/m1/s1. The number of amides is 1. The summed E-state index contributed by atoms with van der Waals surface area (Å²) in [5.74, 6) is 0.0476. The second-order valence-electron chi connectivity index (χ2n) is 6.36. The summed E-state index contributed by atoms with van der Waals surface area (Å²) in [4.78, 5) is 13.9. The maximum absolute atomic E-state index is 12.8. The molecule has 0 spiro atoms. The molecule has 0 aliphatic carbocycles. The molecule has 2 aromatic rings. The first-order valence-electron chi connectivity index (χ1n) is 9.23. The average molecular weight is 388 g/mol. The SMILES string of the molecule is CCO[C@@H]1OC(C(=O)Nc2ccccc2)=C[C@H](c2cccs2)[C@H]1CCCO. The highest BCUT2D eigenvalue weighted by Crippen LogP contribution is 2.41. The molecule has 27 heavy (non-hydrogen) atoms. The Kier molecular flexibility index (Phi) is 7.04. The number of aliphatic hydroxyl groups excluding tert-OH is 1. The number of anilines is 1. The normalized spacial score (nSPS) is 22.0. The molecule has 1 aromatic carbocycles. The van der Waals surface area contributed by atoms with Crippen molar-refractivity contribution in [3.8, 4) is 0 Å². The molecule has 1 aliphatic rings. The molecule has 144 valence electrons. The van der Waals surface area contributed by atoms with Crippen LogP contribution < -0.4 is 5.32 Å². The van der Waals surface area contributed by atoms with Crippen molar-refractivity contribution in [2.75, 3.05) is 18.5 Å². The monoisotopic (exact) mass is 387 g/mol. The number of thiophene rings is 1. The topological polar surface area (TPSA) is 67.8 Å². The van der Waals surface area contributed by atoms with Crippen LogP contribution in [0.1, 0.15) is 30.6 Å². The van der Waals surface area contributed by atoms with Gasteiger partial charge >= 0.3 is 0 Å². The van der Waals surface area contributed by atoms with E-state index in [0.29, 0.717) is 13.0 Å². The van der Waals surface area contributed by atoms with Gasteiger partial charge in [0.1, 0.15) is 0 Å².